The summed E-state index contributed by atoms with van der Waals surface area (Å²) in [5, 5.41) is 67.4. The number of aliphatic hydroxyl groups excluding tert-OH is 5. The second kappa shape index (κ2) is 15.3. The zero-order valence-electron chi connectivity index (χ0n) is 26.8. The molecule has 0 bridgehead atoms. The van der Waals surface area contributed by atoms with Gasteiger partial charge in [0.25, 0.3) is 0 Å². The fourth-order valence-electron chi connectivity index (χ4n) is 7.34. The van der Waals surface area contributed by atoms with E-state index < -0.39 is 109 Å². The summed E-state index contributed by atoms with van der Waals surface area (Å²) in [6, 6.07) is -3.53. The molecule has 19 nitrogen and oxygen atoms in total. The Morgan fingerprint density at radius 2 is 1.52 bits per heavy atom. The highest BCUT2D eigenvalue weighted by Gasteiger charge is 2.60. The van der Waals surface area contributed by atoms with Gasteiger partial charge in [0, 0.05) is 31.5 Å². The van der Waals surface area contributed by atoms with Crippen LogP contribution in [-0.2, 0) is 23.7 Å². The highest BCUT2D eigenvalue weighted by molar-refractivity contribution is 5.92. The monoisotopic (exact) mass is 690 g/mol. The Morgan fingerprint density at radius 3 is 2.17 bits per heavy atom. The molecule has 2 heterocycles. The Bertz CT molecular complexity index is 1130. The molecule has 19 heteroatoms. The third-order valence-corrected chi connectivity index (χ3v) is 10.4. The van der Waals surface area contributed by atoms with Crippen LogP contribution in [0.25, 0.3) is 0 Å². The molecular weight excluding hydrogens is 636 g/mol. The van der Waals surface area contributed by atoms with Crippen LogP contribution in [0, 0.1) is 11.8 Å². The number of nitrogens with one attached hydrogen (secondary N) is 1. The number of ether oxygens (including phenoxy) is 4. The summed E-state index contributed by atoms with van der Waals surface area (Å²) in [6.07, 6.45) is -10.6. The zero-order chi connectivity index (χ0) is 35.1. The normalized spacial score (nSPS) is 49.2. The third kappa shape index (κ3) is 8.11. The molecule has 5 aliphatic rings. The van der Waals surface area contributed by atoms with Crippen LogP contribution in [0.4, 0.5) is 0 Å². The number of guanidine groups is 1. The number of hydrogen-bond donors (Lipinski definition) is 13. The minimum atomic E-state index is -1.82. The molecule has 3 saturated carbocycles. The number of ketones is 1. The standard InChI is InChI=1S/C29H54N8O11/c30-12-1-10(2-12)7-36-8-16-15(39)5-14(32)26(45-16)48-25-13(31)3-11(4-19(40)29(44)6-18(29)37-28(34)35)24(23(25)43)47-27-22(42)20(33)21(41)17(9-38)46-27/h10-18,20-27,36,38-39,41-44H,1-9,30-33H2,(H4,34,35,37)/t10?,11-,12?,13-,14+,15-,16+,17+,18?,20-,21+,22+,23+,24-,25?,26+,27+,29?/m0/s1. The molecule has 276 valence electrons. The van der Waals surface area contributed by atoms with Gasteiger partial charge in [-0.15, -0.1) is 0 Å². The van der Waals surface area contributed by atoms with Gasteiger partial charge in [0.2, 0.25) is 0 Å². The van der Waals surface area contributed by atoms with Crippen molar-refractivity contribution in [3.05, 3.63) is 0 Å². The molecule has 3 aliphatic carbocycles. The molecule has 0 amide bonds. The summed E-state index contributed by atoms with van der Waals surface area (Å²) in [4.78, 5) is 17.2. The number of nitrogens with two attached hydrogens (primary N) is 6. The fraction of sp³-hybridized carbons (Fsp3) is 0.931. The van der Waals surface area contributed by atoms with Crippen LogP contribution in [-0.4, -0.2) is 159 Å². The summed E-state index contributed by atoms with van der Waals surface area (Å²) < 4.78 is 23.9. The van der Waals surface area contributed by atoms with Crippen LogP contribution < -0.4 is 39.7 Å². The Hall–Kier alpha value is -1.66. The number of aliphatic hydroxyl groups is 6. The van der Waals surface area contributed by atoms with Gasteiger partial charge in [-0.25, -0.2) is 4.99 Å². The second-order valence-electron chi connectivity index (χ2n) is 14.2. The molecule has 0 aromatic rings. The van der Waals surface area contributed by atoms with E-state index in [1.165, 1.54) is 0 Å². The van der Waals surface area contributed by atoms with Gasteiger partial charge >= 0.3 is 0 Å². The van der Waals surface area contributed by atoms with Crippen LogP contribution in [0.15, 0.2) is 4.99 Å². The first-order valence-corrected chi connectivity index (χ1v) is 16.6. The highest BCUT2D eigenvalue weighted by atomic mass is 16.7. The number of hydrogen-bond acceptors (Lipinski definition) is 17. The molecule has 0 radical (unpaired) electrons. The van der Waals surface area contributed by atoms with Crippen molar-refractivity contribution in [2.75, 3.05) is 19.7 Å². The lowest BCUT2D eigenvalue weighted by Gasteiger charge is -2.48. The zero-order valence-corrected chi connectivity index (χ0v) is 26.8. The Labute approximate surface area is 278 Å². The van der Waals surface area contributed by atoms with Crippen molar-refractivity contribution in [3.8, 4) is 0 Å². The van der Waals surface area contributed by atoms with Gasteiger partial charge < -0.3 is 89.3 Å². The second-order valence-corrected chi connectivity index (χ2v) is 14.2. The predicted molar refractivity (Wildman–Crippen MR) is 167 cm³/mol. The largest absolute Gasteiger partial charge is 0.394 e. The summed E-state index contributed by atoms with van der Waals surface area (Å²) in [6.45, 7) is 0.408. The maximum Gasteiger partial charge on any atom is 0.186 e. The molecule has 3 unspecified atom stereocenters. The number of carbonyl (C=O) groups excluding carboxylic acids is 1. The topological polar surface area (TPSA) is 356 Å². The van der Waals surface area contributed by atoms with E-state index in [4.69, 9.17) is 53.3 Å². The van der Waals surface area contributed by atoms with Gasteiger partial charge in [-0.1, -0.05) is 0 Å². The minimum absolute atomic E-state index is 0.00463. The van der Waals surface area contributed by atoms with E-state index >= 15 is 0 Å². The van der Waals surface area contributed by atoms with E-state index in [9.17, 15) is 35.4 Å². The van der Waals surface area contributed by atoms with E-state index in [1.54, 1.807) is 0 Å². The molecule has 19 N–H and O–H groups in total. The first-order chi connectivity index (χ1) is 22.6. The lowest BCUT2D eigenvalue weighted by atomic mass is 9.76. The van der Waals surface area contributed by atoms with Crippen molar-refractivity contribution in [2.45, 2.75) is 136 Å². The highest BCUT2D eigenvalue weighted by Crippen LogP contribution is 2.43. The summed E-state index contributed by atoms with van der Waals surface area (Å²) in [5.74, 6) is -1.27. The van der Waals surface area contributed by atoms with Crippen LogP contribution in [0.1, 0.15) is 38.5 Å². The van der Waals surface area contributed by atoms with Crippen LogP contribution in [0.5, 0.6) is 0 Å². The quantitative estimate of drug-likeness (QED) is 0.0630. The molecular formula is C29H54N8O11. The van der Waals surface area contributed by atoms with Crippen molar-refractivity contribution in [1.29, 1.82) is 0 Å². The van der Waals surface area contributed by atoms with Crippen LogP contribution >= 0.6 is 0 Å². The van der Waals surface area contributed by atoms with Gasteiger partial charge in [-0.05, 0) is 44.1 Å². The summed E-state index contributed by atoms with van der Waals surface area (Å²) in [7, 11) is 0. The number of carbonyl (C=O) groups is 1. The Kier molecular flexibility index (Phi) is 12.0. The lowest BCUT2D eigenvalue weighted by molar-refractivity contribution is -0.320. The van der Waals surface area contributed by atoms with E-state index in [-0.39, 0.29) is 37.7 Å². The summed E-state index contributed by atoms with van der Waals surface area (Å²) in [5.41, 5.74) is 33.7. The predicted octanol–water partition coefficient (Wildman–Crippen LogP) is -6.90. The van der Waals surface area contributed by atoms with Crippen molar-refractivity contribution >= 4 is 11.7 Å². The van der Waals surface area contributed by atoms with Crippen LogP contribution in [0.2, 0.25) is 0 Å². The first-order valence-electron chi connectivity index (χ1n) is 16.6. The molecule has 5 fully saturated rings. The van der Waals surface area contributed by atoms with Crippen molar-refractivity contribution in [1.82, 2.24) is 5.32 Å². The number of Topliss-reactive ketones (excluding diaryl/α,β-unsaturated/α-hetero) is 1. The first kappa shape index (κ1) is 37.6. The van der Waals surface area contributed by atoms with Crippen molar-refractivity contribution in [2.24, 2.45) is 51.2 Å². The number of nitrogens with zero attached hydrogens (tertiary/aromatic N) is 1. The van der Waals surface area contributed by atoms with Gasteiger partial charge in [0.05, 0.1) is 43.0 Å². The summed E-state index contributed by atoms with van der Waals surface area (Å²) >= 11 is 0. The van der Waals surface area contributed by atoms with Crippen LogP contribution in [0.3, 0.4) is 0 Å². The average molecular weight is 691 g/mol. The third-order valence-electron chi connectivity index (χ3n) is 10.4. The van der Waals surface area contributed by atoms with E-state index in [0.717, 1.165) is 19.4 Å². The molecule has 0 aromatic heterocycles. The lowest BCUT2D eigenvalue weighted by Crippen LogP contribution is -2.66. The van der Waals surface area contributed by atoms with E-state index in [0.29, 0.717) is 12.5 Å². The maximum atomic E-state index is 13.3. The van der Waals surface area contributed by atoms with E-state index in [1.807, 2.05) is 0 Å². The molecule has 2 saturated heterocycles. The van der Waals surface area contributed by atoms with Gasteiger partial charge in [-0.3, -0.25) is 4.79 Å². The maximum absolute atomic E-state index is 13.3. The van der Waals surface area contributed by atoms with Gasteiger partial charge in [0.15, 0.2) is 24.3 Å². The molecule has 0 spiro atoms. The van der Waals surface area contributed by atoms with Gasteiger partial charge in [0.1, 0.15) is 36.1 Å². The average Bonchev–Trinajstić information content (AvgIpc) is 3.66. The van der Waals surface area contributed by atoms with E-state index in [2.05, 4.69) is 10.3 Å². The molecule has 2 aliphatic heterocycles. The fourth-order valence-corrected chi connectivity index (χ4v) is 7.34. The Morgan fingerprint density at radius 1 is 0.854 bits per heavy atom. The molecule has 48 heavy (non-hydrogen) atoms. The number of rotatable bonds is 13. The van der Waals surface area contributed by atoms with Crippen molar-refractivity contribution in [3.63, 3.8) is 0 Å². The smallest absolute Gasteiger partial charge is 0.186 e. The molecule has 0 aromatic carbocycles. The minimum Gasteiger partial charge on any atom is -0.394 e. The van der Waals surface area contributed by atoms with Gasteiger partial charge in [-0.2, -0.15) is 0 Å². The Balaban J connectivity index is 1.30. The SMILES string of the molecule is NC(N)=NC1CC1(O)C(=O)C[C@@H]1C[C@H](N)C(O[C@H]2O[C@H](CNCC3CC(N)C3)[C@@H](O)C[C@H]2N)[C@H](O)[C@H]1O[C@H]1O[C@H](CO)[C@@H](O)[C@H](N)[C@H]1O. The molecule has 5 rings (SSSR count). The van der Waals surface area contributed by atoms with Crippen molar-refractivity contribution < 1.29 is 54.4 Å². The molecule has 16 atom stereocenters. The number of aliphatic imine (C=N–C) groups is 1.